The average molecular weight is 385 g/mol. The summed E-state index contributed by atoms with van der Waals surface area (Å²) in [5.74, 6) is 0.828. The first-order valence-corrected chi connectivity index (χ1v) is 9.56. The maximum atomic E-state index is 12.5. The lowest BCUT2D eigenvalue weighted by atomic mass is 10.1. The molecule has 2 aromatic rings. The standard InChI is InChI=1S/C22H25ClN2O2/c1-17(20-8-3-4-9-21(20)23)24-12-14-25(15-13-24)22(26)11-10-18-6-5-7-19(16-18)27-2/h3-11,16-17H,12-15H2,1-2H3/b11-10+. The van der Waals surface area contributed by atoms with Gasteiger partial charge in [0.1, 0.15) is 5.75 Å². The van der Waals surface area contributed by atoms with Crippen molar-refractivity contribution >= 4 is 23.6 Å². The Morgan fingerprint density at radius 1 is 1.11 bits per heavy atom. The predicted octanol–water partition coefficient (Wildman–Crippen LogP) is 4.27. The van der Waals surface area contributed by atoms with Crippen molar-refractivity contribution in [1.82, 2.24) is 9.80 Å². The number of benzene rings is 2. The maximum absolute atomic E-state index is 12.5. The molecule has 1 aliphatic heterocycles. The lowest BCUT2D eigenvalue weighted by molar-refractivity contribution is -0.127. The lowest BCUT2D eigenvalue weighted by Crippen LogP contribution is -2.48. The van der Waals surface area contributed by atoms with Crippen molar-refractivity contribution in [2.45, 2.75) is 13.0 Å². The fraction of sp³-hybridized carbons (Fsp3) is 0.318. The zero-order chi connectivity index (χ0) is 19.2. The molecule has 1 atom stereocenters. The molecule has 0 aliphatic carbocycles. The summed E-state index contributed by atoms with van der Waals surface area (Å²) in [5.41, 5.74) is 2.09. The van der Waals surface area contributed by atoms with Crippen LogP contribution in [0.1, 0.15) is 24.1 Å². The van der Waals surface area contributed by atoms with Gasteiger partial charge in [-0.3, -0.25) is 9.69 Å². The van der Waals surface area contributed by atoms with Gasteiger partial charge in [-0.15, -0.1) is 0 Å². The molecule has 3 rings (SSSR count). The van der Waals surface area contributed by atoms with Crippen LogP contribution in [-0.2, 0) is 4.79 Å². The molecule has 1 saturated heterocycles. The van der Waals surface area contributed by atoms with Gasteiger partial charge in [-0.2, -0.15) is 0 Å². The molecule has 27 heavy (non-hydrogen) atoms. The van der Waals surface area contributed by atoms with Gasteiger partial charge >= 0.3 is 0 Å². The molecule has 0 aromatic heterocycles. The van der Waals surface area contributed by atoms with Crippen LogP contribution in [0, 0.1) is 0 Å². The predicted molar refractivity (Wildman–Crippen MR) is 110 cm³/mol. The van der Waals surface area contributed by atoms with Crippen molar-refractivity contribution in [2.24, 2.45) is 0 Å². The third-order valence-corrected chi connectivity index (χ3v) is 5.39. The summed E-state index contributed by atoms with van der Waals surface area (Å²) in [4.78, 5) is 16.8. The highest BCUT2D eigenvalue weighted by molar-refractivity contribution is 6.31. The zero-order valence-corrected chi connectivity index (χ0v) is 16.5. The van der Waals surface area contributed by atoms with E-state index in [2.05, 4.69) is 17.9 Å². The SMILES string of the molecule is COc1cccc(/C=C/C(=O)N2CCN(C(C)c3ccccc3Cl)CC2)c1. The normalized spacial score (nSPS) is 16.5. The highest BCUT2D eigenvalue weighted by Crippen LogP contribution is 2.27. The largest absolute Gasteiger partial charge is 0.497 e. The van der Waals surface area contributed by atoms with Gasteiger partial charge in [-0.25, -0.2) is 0 Å². The number of rotatable bonds is 5. The molecule has 0 N–H and O–H groups in total. The van der Waals surface area contributed by atoms with Crippen molar-refractivity contribution in [1.29, 1.82) is 0 Å². The van der Waals surface area contributed by atoms with Gasteiger partial charge in [0.15, 0.2) is 0 Å². The first kappa shape index (κ1) is 19.5. The van der Waals surface area contributed by atoms with Gasteiger partial charge < -0.3 is 9.64 Å². The van der Waals surface area contributed by atoms with E-state index >= 15 is 0 Å². The Labute approximate surface area is 166 Å². The van der Waals surface area contributed by atoms with Crippen LogP contribution in [-0.4, -0.2) is 49.0 Å². The number of amides is 1. The molecule has 4 nitrogen and oxygen atoms in total. The number of ether oxygens (including phenoxy) is 1. The van der Waals surface area contributed by atoms with Gasteiger partial charge in [0.2, 0.25) is 5.91 Å². The summed E-state index contributed by atoms with van der Waals surface area (Å²) < 4.78 is 5.21. The number of carbonyl (C=O) groups is 1. The minimum absolute atomic E-state index is 0.0443. The number of nitrogens with zero attached hydrogens (tertiary/aromatic N) is 2. The van der Waals surface area contributed by atoms with E-state index in [1.54, 1.807) is 13.2 Å². The first-order chi connectivity index (χ1) is 13.1. The Hall–Kier alpha value is -2.30. The quantitative estimate of drug-likeness (QED) is 0.722. The van der Waals surface area contributed by atoms with Crippen molar-refractivity contribution < 1.29 is 9.53 Å². The molecule has 0 bridgehead atoms. The molecule has 142 valence electrons. The third kappa shape index (κ3) is 4.90. The van der Waals surface area contributed by atoms with E-state index in [1.807, 2.05) is 53.4 Å². The fourth-order valence-corrected chi connectivity index (χ4v) is 3.65. The summed E-state index contributed by atoms with van der Waals surface area (Å²) in [6.45, 7) is 5.28. The van der Waals surface area contributed by atoms with Crippen molar-refractivity contribution in [3.8, 4) is 5.75 Å². The fourth-order valence-electron chi connectivity index (χ4n) is 3.36. The van der Waals surface area contributed by atoms with E-state index in [-0.39, 0.29) is 11.9 Å². The molecule has 1 aliphatic rings. The Kier molecular flexibility index (Phi) is 6.54. The van der Waals surface area contributed by atoms with Gasteiger partial charge in [0.05, 0.1) is 7.11 Å². The van der Waals surface area contributed by atoms with Crippen LogP contribution in [0.25, 0.3) is 6.08 Å². The van der Waals surface area contributed by atoms with E-state index < -0.39 is 0 Å². The molecule has 1 fully saturated rings. The number of halogens is 1. The zero-order valence-electron chi connectivity index (χ0n) is 15.8. The van der Waals surface area contributed by atoms with Crippen LogP contribution >= 0.6 is 11.6 Å². The summed E-state index contributed by atoms with van der Waals surface area (Å²) in [6.07, 6.45) is 3.48. The Balaban J connectivity index is 1.56. The smallest absolute Gasteiger partial charge is 0.246 e. The summed E-state index contributed by atoms with van der Waals surface area (Å²) in [7, 11) is 1.64. The van der Waals surface area contributed by atoms with Crippen LogP contribution in [0.5, 0.6) is 5.75 Å². The van der Waals surface area contributed by atoms with Crippen molar-refractivity contribution in [3.63, 3.8) is 0 Å². The van der Waals surface area contributed by atoms with Crippen molar-refractivity contribution in [3.05, 3.63) is 70.8 Å². The molecule has 5 heteroatoms. The number of hydrogen-bond donors (Lipinski definition) is 0. The Bertz CT molecular complexity index is 813. The first-order valence-electron chi connectivity index (χ1n) is 9.18. The summed E-state index contributed by atoms with van der Waals surface area (Å²) >= 11 is 6.33. The second-order valence-corrected chi connectivity index (χ2v) is 7.08. The molecular formula is C22H25ClN2O2. The molecule has 0 saturated carbocycles. The summed E-state index contributed by atoms with van der Waals surface area (Å²) in [5, 5.41) is 0.796. The monoisotopic (exact) mass is 384 g/mol. The van der Waals surface area contributed by atoms with Gasteiger partial charge in [-0.05, 0) is 42.3 Å². The van der Waals surface area contributed by atoms with Gasteiger partial charge in [0.25, 0.3) is 0 Å². The molecule has 0 radical (unpaired) electrons. The topological polar surface area (TPSA) is 32.8 Å². The van der Waals surface area contributed by atoms with Crippen LogP contribution in [0.2, 0.25) is 5.02 Å². The van der Waals surface area contributed by atoms with Crippen LogP contribution in [0.3, 0.4) is 0 Å². The number of piperazine rings is 1. The van der Waals surface area contributed by atoms with E-state index in [0.29, 0.717) is 0 Å². The van der Waals surface area contributed by atoms with E-state index in [0.717, 1.165) is 48.1 Å². The number of carbonyl (C=O) groups excluding carboxylic acids is 1. The van der Waals surface area contributed by atoms with Gasteiger partial charge in [-0.1, -0.05) is 41.9 Å². The van der Waals surface area contributed by atoms with E-state index in [4.69, 9.17) is 16.3 Å². The lowest BCUT2D eigenvalue weighted by Gasteiger charge is -2.38. The Morgan fingerprint density at radius 2 is 1.85 bits per heavy atom. The molecule has 1 heterocycles. The highest BCUT2D eigenvalue weighted by atomic mass is 35.5. The van der Waals surface area contributed by atoms with Crippen LogP contribution in [0.15, 0.2) is 54.6 Å². The third-order valence-electron chi connectivity index (χ3n) is 5.04. The number of methoxy groups -OCH3 is 1. The van der Waals surface area contributed by atoms with Crippen molar-refractivity contribution in [2.75, 3.05) is 33.3 Å². The van der Waals surface area contributed by atoms with E-state index in [9.17, 15) is 4.79 Å². The van der Waals surface area contributed by atoms with E-state index in [1.165, 1.54) is 0 Å². The highest BCUT2D eigenvalue weighted by Gasteiger charge is 2.24. The van der Waals surface area contributed by atoms with Crippen LogP contribution in [0.4, 0.5) is 0 Å². The second-order valence-electron chi connectivity index (χ2n) is 6.67. The maximum Gasteiger partial charge on any atom is 0.246 e. The summed E-state index contributed by atoms with van der Waals surface area (Å²) in [6, 6.07) is 15.9. The molecule has 1 unspecified atom stereocenters. The molecular weight excluding hydrogens is 360 g/mol. The molecule has 1 amide bonds. The second kappa shape index (κ2) is 9.07. The minimum atomic E-state index is 0.0443. The molecule has 0 spiro atoms. The average Bonchev–Trinajstić information content (AvgIpc) is 2.72. The minimum Gasteiger partial charge on any atom is -0.497 e. The molecule has 2 aromatic carbocycles. The number of hydrogen-bond acceptors (Lipinski definition) is 3. The van der Waals surface area contributed by atoms with Gasteiger partial charge in [0, 0.05) is 43.3 Å². The van der Waals surface area contributed by atoms with Crippen LogP contribution < -0.4 is 4.74 Å². The Morgan fingerprint density at radius 3 is 2.56 bits per heavy atom.